The summed E-state index contributed by atoms with van der Waals surface area (Å²) >= 11 is 0. The van der Waals surface area contributed by atoms with E-state index >= 15 is 0 Å². The fraction of sp³-hybridized carbons (Fsp3) is 0.667. The average Bonchev–Trinajstić information content (AvgIpc) is 2.73. The first-order chi connectivity index (χ1) is 13.8. The van der Waals surface area contributed by atoms with Gasteiger partial charge in [-0.1, -0.05) is 24.3 Å². The third-order valence-electron chi connectivity index (χ3n) is 4.56. The first-order valence-corrected chi connectivity index (χ1v) is 10.3. The van der Waals surface area contributed by atoms with Gasteiger partial charge in [-0.05, 0) is 24.5 Å². The van der Waals surface area contributed by atoms with Crippen molar-refractivity contribution in [1.29, 1.82) is 0 Å². The summed E-state index contributed by atoms with van der Waals surface area (Å²) in [6.07, 6.45) is 0.932. The average molecular weight is 393 g/mol. The van der Waals surface area contributed by atoms with Gasteiger partial charge in [0.15, 0.2) is 5.96 Å². The molecule has 2 rings (SSSR count). The molecule has 0 bridgehead atoms. The van der Waals surface area contributed by atoms with E-state index in [2.05, 4.69) is 46.7 Å². The summed E-state index contributed by atoms with van der Waals surface area (Å²) in [6.45, 7) is 11.0. The topological polar surface area (TPSA) is 67.4 Å². The Labute approximate surface area is 169 Å². The van der Waals surface area contributed by atoms with Gasteiger partial charge in [-0.3, -0.25) is 4.90 Å². The number of rotatable bonds is 12. The number of nitrogens with one attached hydrogen (secondary N) is 2. The van der Waals surface area contributed by atoms with Gasteiger partial charge in [-0.15, -0.1) is 0 Å². The molecule has 1 heterocycles. The molecule has 7 nitrogen and oxygen atoms in total. The molecule has 0 saturated carbocycles. The second kappa shape index (κ2) is 14.3. The van der Waals surface area contributed by atoms with E-state index in [1.165, 1.54) is 11.1 Å². The van der Waals surface area contributed by atoms with Crippen LogP contribution in [-0.2, 0) is 27.3 Å². The van der Waals surface area contributed by atoms with Gasteiger partial charge < -0.3 is 24.8 Å². The van der Waals surface area contributed by atoms with Crippen molar-refractivity contribution in [2.75, 3.05) is 66.3 Å². The molecule has 0 atom stereocenters. The molecular formula is C21H36N4O3. The zero-order chi connectivity index (χ0) is 19.9. The van der Waals surface area contributed by atoms with E-state index in [0.717, 1.165) is 64.9 Å². The number of morpholine rings is 1. The van der Waals surface area contributed by atoms with E-state index in [-0.39, 0.29) is 0 Å². The molecule has 0 amide bonds. The van der Waals surface area contributed by atoms with Gasteiger partial charge in [0, 0.05) is 46.4 Å². The van der Waals surface area contributed by atoms with Crippen LogP contribution in [0.25, 0.3) is 0 Å². The number of hydrogen-bond acceptors (Lipinski definition) is 5. The van der Waals surface area contributed by atoms with Crippen molar-refractivity contribution in [3.8, 4) is 0 Å². The van der Waals surface area contributed by atoms with Crippen LogP contribution in [0.4, 0.5) is 0 Å². The second-order valence-electron chi connectivity index (χ2n) is 6.74. The highest BCUT2D eigenvalue weighted by Gasteiger charge is 2.12. The SMILES string of the molecule is CCNC(=NCc1ccccc1CN1CCOCC1)NCCCOCCOC. The molecule has 0 unspecified atom stereocenters. The van der Waals surface area contributed by atoms with Crippen molar-refractivity contribution in [2.24, 2.45) is 4.99 Å². The smallest absolute Gasteiger partial charge is 0.191 e. The summed E-state index contributed by atoms with van der Waals surface area (Å²) in [5, 5.41) is 6.70. The zero-order valence-corrected chi connectivity index (χ0v) is 17.4. The number of guanidine groups is 1. The van der Waals surface area contributed by atoms with Crippen molar-refractivity contribution in [3.05, 3.63) is 35.4 Å². The van der Waals surface area contributed by atoms with Crippen LogP contribution >= 0.6 is 0 Å². The first kappa shape index (κ1) is 22.6. The first-order valence-electron chi connectivity index (χ1n) is 10.3. The maximum absolute atomic E-state index is 5.49. The lowest BCUT2D eigenvalue weighted by atomic mass is 10.1. The molecule has 0 aliphatic carbocycles. The highest BCUT2D eigenvalue weighted by molar-refractivity contribution is 5.79. The standard InChI is InChI=1S/C21H36N4O3/c1-3-22-21(23-9-6-12-27-16-15-26-2)24-17-19-7-4-5-8-20(19)18-25-10-13-28-14-11-25/h4-5,7-8H,3,6,9-18H2,1-2H3,(H2,22,23,24). The largest absolute Gasteiger partial charge is 0.382 e. The number of benzene rings is 1. The number of aliphatic imine (C=N–C) groups is 1. The van der Waals surface area contributed by atoms with Crippen LogP contribution in [0.1, 0.15) is 24.5 Å². The van der Waals surface area contributed by atoms with E-state index in [4.69, 9.17) is 19.2 Å². The van der Waals surface area contributed by atoms with Crippen LogP contribution in [0, 0.1) is 0 Å². The van der Waals surface area contributed by atoms with E-state index < -0.39 is 0 Å². The Morgan fingerprint density at radius 1 is 1.11 bits per heavy atom. The highest BCUT2D eigenvalue weighted by Crippen LogP contribution is 2.14. The van der Waals surface area contributed by atoms with Crippen molar-refractivity contribution < 1.29 is 14.2 Å². The van der Waals surface area contributed by atoms with Gasteiger partial charge in [-0.25, -0.2) is 4.99 Å². The van der Waals surface area contributed by atoms with Crippen LogP contribution in [0.15, 0.2) is 29.3 Å². The number of hydrogen-bond donors (Lipinski definition) is 2. The molecule has 7 heteroatoms. The van der Waals surface area contributed by atoms with Crippen molar-refractivity contribution in [2.45, 2.75) is 26.4 Å². The molecule has 0 aromatic heterocycles. The Balaban J connectivity index is 1.82. The van der Waals surface area contributed by atoms with Crippen LogP contribution in [0.3, 0.4) is 0 Å². The van der Waals surface area contributed by atoms with Crippen molar-refractivity contribution in [1.82, 2.24) is 15.5 Å². The maximum atomic E-state index is 5.49. The Morgan fingerprint density at radius 2 is 1.89 bits per heavy atom. The molecule has 1 saturated heterocycles. The summed E-state index contributed by atoms with van der Waals surface area (Å²) in [5.74, 6) is 0.848. The molecule has 2 N–H and O–H groups in total. The molecular weight excluding hydrogens is 356 g/mol. The van der Waals surface area contributed by atoms with Crippen molar-refractivity contribution >= 4 is 5.96 Å². The summed E-state index contributed by atoms with van der Waals surface area (Å²) in [5.41, 5.74) is 2.62. The minimum absolute atomic E-state index is 0.640. The Bertz CT molecular complexity index is 562. The number of ether oxygens (including phenoxy) is 3. The Morgan fingerprint density at radius 3 is 2.64 bits per heavy atom. The number of nitrogens with zero attached hydrogens (tertiary/aromatic N) is 2. The second-order valence-corrected chi connectivity index (χ2v) is 6.74. The Kier molecular flexibility index (Phi) is 11.6. The van der Waals surface area contributed by atoms with Gasteiger partial charge in [0.25, 0.3) is 0 Å². The van der Waals surface area contributed by atoms with E-state index in [1.54, 1.807) is 7.11 Å². The third kappa shape index (κ3) is 9.01. The van der Waals surface area contributed by atoms with Gasteiger partial charge in [0.1, 0.15) is 0 Å². The predicted octanol–water partition coefficient (Wildman–Crippen LogP) is 1.63. The molecule has 1 aromatic rings. The van der Waals surface area contributed by atoms with Gasteiger partial charge in [-0.2, -0.15) is 0 Å². The third-order valence-corrected chi connectivity index (χ3v) is 4.56. The monoisotopic (exact) mass is 392 g/mol. The molecule has 1 aromatic carbocycles. The highest BCUT2D eigenvalue weighted by atomic mass is 16.5. The van der Waals surface area contributed by atoms with Crippen LogP contribution in [0.2, 0.25) is 0 Å². The molecule has 1 fully saturated rings. The lowest BCUT2D eigenvalue weighted by Crippen LogP contribution is -2.38. The minimum atomic E-state index is 0.640. The van der Waals surface area contributed by atoms with Gasteiger partial charge in [0.05, 0.1) is 33.0 Å². The fourth-order valence-corrected chi connectivity index (χ4v) is 3.00. The summed E-state index contributed by atoms with van der Waals surface area (Å²) in [4.78, 5) is 7.22. The van der Waals surface area contributed by atoms with E-state index in [1.807, 2.05) is 0 Å². The number of methoxy groups -OCH3 is 1. The zero-order valence-electron chi connectivity index (χ0n) is 17.4. The lowest BCUT2D eigenvalue weighted by molar-refractivity contribution is 0.0341. The summed E-state index contributed by atoms with van der Waals surface area (Å²) in [6, 6.07) is 8.58. The molecule has 28 heavy (non-hydrogen) atoms. The molecule has 0 spiro atoms. The molecule has 0 radical (unpaired) electrons. The lowest BCUT2D eigenvalue weighted by Gasteiger charge is -2.27. The van der Waals surface area contributed by atoms with Crippen molar-refractivity contribution in [3.63, 3.8) is 0 Å². The van der Waals surface area contributed by atoms with Gasteiger partial charge >= 0.3 is 0 Å². The van der Waals surface area contributed by atoms with Crippen LogP contribution in [0.5, 0.6) is 0 Å². The summed E-state index contributed by atoms with van der Waals surface area (Å²) < 4.78 is 15.9. The van der Waals surface area contributed by atoms with E-state index in [9.17, 15) is 0 Å². The quantitative estimate of drug-likeness (QED) is 0.320. The maximum Gasteiger partial charge on any atom is 0.191 e. The Hall–Kier alpha value is -1.67. The summed E-state index contributed by atoms with van der Waals surface area (Å²) in [7, 11) is 1.68. The molecule has 1 aliphatic heterocycles. The normalized spacial score (nSPS) is 15.6. The predicted molar refractivity (Wildman–Crippen MR) is 113 cm³/mol. The van der Waals surface area contributed by atoms with E-state index in [0.29, 0.717) is 19.8 Å². The van der Waals surface area contributed by atoms with Crippen LogP contribution < -0.4 is 10.6 Å². The molecule has 1 aliphatic rings. The minimum Gasteiger partial charge on any atom is -0.382 e. The fourth-order valence-electron chi connectivity index (χ4n) is 3.00. The molecule has 158 valence electrons. The van der Waals surface area contributed by atoms with Gasteiger partial charge in [0.2, 0.25) is 0 Å². The van der Waals surface area contributed by atoms with Crippen LogP contribution in [-0.4, -0.2) is 77.2 Å².